The maximum atomic E-state index is 6.35. The number of nitrogens with zero attached hydrogens (tertiary/aromatic N) is 5. The molecule has 0 aliphatic carbocycles. The SMILES string of the molecule is CN(C)c1cc(N2CCC(Oc3cccc4c3ccn4C)CC2)ncn1. The first-order valence-corrected chi connectivity index (χ1v) is 9.07. The van der Waals surface area contributed by atoms with Crippen LogP contribution < -0.4 is 14.5 Å². The number of benzene rings is 1. The van der Waals surface area contributed by atoms with Gasteiger partial charge in [0.15, 0.2) is 0 Å². The van der Waals surface area contributed by atoms with Crippen molar-refractivity contribution in [2.75, 3.05) is 37.0 Å². The first-order valence-electron chi connectivity index (χ1n) is 9.07. The fourth-order valence-corrected chi connectivity index (χ4v) is 3.51. The Morgan fingerprint density at radius 3 is 2.69 bits per heavy atom. The van der Waals surface area contributed by atoms with Crippen LogP contribution in [-0.4, -0.2) is 47.8 Å². The summed E-state index contributed by atoms with van der Waals surface area (Å²) in [5, 5.41) is 1.18. The first-order chi connectivity index (χ1) is 12.6. The molecule has 2 aromatic heterocycles. The summed E-state index contributed by atoms with van der Waals surface area (Å²) in [4.78, 5) is 13.1. The number of fused-ring (bicyclic) bond motifs is 1. The highest BCUT2D eigenvalue weighted by Gasteiger charge is 2.22. The van der Waals surface area contributed by atoms with Crippen molar-refractivity contribution in [3.05, 3.63) is 42.9 Å². The Labute approximate surface area is 154 Å². The smallest absolute Gasteiger partial charge is 0.134 e. The summed E-state index contributed by atoms with van der Waals surface area (Å²) >= 11 is 0. The second-order valence-corrected chi connectivity index (χ2v) is 7.05. The van der Waals surface area contributed by atoms with Gasteiger partial charge < -0.3 is 19.1 Å². The van der Waals surface area contributed by atoms with Crippen LogP contribution in [0.2, 0.25) is 0 Å². The number of anilines is 2. The van der Waals surface area contributed by atoms with E-state index < -0.39 is 0 Å². The van der Waals surface area contributed by atoms with Crippen molar-refractivity contribution in [2.24, 2.45) is 7.05 Å². The Morgan fingerprint density at radius 1 is 1.12 bits per heavy atom. The molecule has 3 heterocycles. The molecule has 6 heteroatoms. The number of ether oxygens (including phenoxy) is 1. The van der Waals surface area contributed by atoms with Crippen molar-refractivity contribution in [1.29, 1.82) is 0 Å². The molecule has 1 aliphatic heterocycles. The lowest BCUT2D eigenvalue weighted by molar-refractivity contribution is 0.173. The highest BCUT2D eigenvalue weighted by molar-refractivity contribution is 5.86. The van der Waals surface area contributed by atoms with Crippen molar-refractivity contribution < 1.29 is 4.74 Å². The van der Waals surface area contributed by atoms with Crippen LogP contribution >= 0.6 is 0 Å². The number of rotatable bonds is 4. The summed E-state index contributed by atoms with van der Waals surface area (Å²) in [6.07, 6.45) is 5.95. The van der Waals surface area contributed by atoms with Crippen LogP contribution in [0, 0.1) is 0 Å². The normalized spacial score (nSPS) is 15.4. The van der Waals surface area contributed by atoms with Crippen LogP contribution in [0.25, 0.3) is 10.9 Å². The van der Waals surface area contributed by atoms with Crippen LogP contribution in [0.4, 0.5) is 11.6 Å². The number of hydrogen-bond acceptors (Lipinski definition) is 5. The third kappa shape index (κ3) is 3.19. The highest BCUT2D eigenvalue weighted by Crippen LogP contribution is 2.29. The van der Waals surface area contributed by atoms with Gasteiger partial charge in [0.05, 0.1) is 5.52 Å². The van der Waals surface area contributed by atoms with Crippen LogP contribution in [0.15, 0.2) is 42.9 Å². The number of aryl methyl sites for hydroxylation is 1. The Morgan fingerprint density at radius 2 is 1.92 bits per heavy atom. The molecule has 0 N–H and O–H groups in total. The average molecular weight is 351 g/mol. The minimum Gasteiger partial charge on any atom is -0.490 e. The van der Waals surface area contributed by atoms with E-state index in [1.807, 2.05) is 25.1 Å². The van der Waals surface area contributed by atoms with Gasteiger partial charge in [-0.15, -0.1) is 0 Å². The molecular formula is C20H25N5O. The standard InChI is InChI=1S/C20H25N5O/c1-23(2)19-13-20(22-14-21-19)25-11-7-15(8-12-25)26-18-6-4-5-17-16(18)9-10-24(17)3/h4-6,9-10,13-15H,7-8,11-12H2,1-3H3. The van der Waals surface area contributed by atoms with Crippen molar-refractivity contribution in [1.82, 2.24) is 14.5 Å². The van der Waals surface area contributed by atoms with Gasteiger partial charge >= 0.3 is 0 Å². The molecule has 0 radical (unpaired) electrons. The molecule has 6 nitrogen and oxygen atoms in total. The van der Waals surface area contributed by atoms with Gasteiger partial charge in [0, 0.05) is 64.7 Å². The van der Waals surface area contributed by atoms with Crippen LogP contribution in [0.3, 0.4) is 0 Å². The number of piperidine rings is 1. The molecule has 4 rings (SSSR count). The Bertz CT molecular complexity index is 896. The number of hydrogen-bond donors (Lipinski definition) is 0. The summed E-state index contributed by atoms with van der Waals surface area (Å²) in [7, 11) is 6.06. The van der Waals surface area contributed by atoms with E-state index in [4.69, 9.17) is 4.74 Å². The molecule has 0 atom stereocenters. The highest BCUT2D eigenvalue weighted by atomic mass is 16.5. The molecular weight excluding hydrogens is 326 g/mol. The molecule has 1 fully saturated rings. The minimum atomic E-state index is 0.243. The van der Waals surface area contributed by atoms with Gasteiger partial charge in [-0.3, -0.25) is 0 Å². The molecule has 1 aliphatic rings. The van der Waals surface area contributed by atoms with Gasteiger partial charge in [0.25, 0.3) is 0 Å². The number of aromatic nitrogens is 3. The molecule has 0 spiro atoms. The van der Waals surface area contributed by atoms with Crippen LogP contribution in [0.5, 0.6) is 5.75 Å². The van der Waals surface area contributed by atoms with E-state index in [1.165, 1.54) is 10.9 Å². The zero-order valence-electron chi connectivity index (χ0n) is 15.6. The summed E-state index contributed by atoms with van der Waals surface area (Å²) in [5.41, 5.74) is 1.21. The van der Waals surface area contributed by atoms with Crippen LogP contribution in [0.1, 0.15) is 12.8 Å². The Kier molecular flexibility index (Phi) is 4.41. The van der Waals surface area contributed by atoms with Gasteiger partial charge in [0.2, 0.25) is 0 Å². The molecule has 1 aromatic carbocycles. The largest absolute Gasteiger partial charge is 0.490 e. The lowest BCUT2D eigenvalue weighted by Gasteiger charge is -2.33. The Hall–Kier alpha value is -2.76. The quantitative estimate of drug-likeness (QED) is 0.723. The zero-order valence-corrected chi connectivity index (χ0v) is 15.6. The van der Waals surface area contributed by atoms with E-state index in [1.54, 1.807) is 6.33 Å². The summed E-state index contributed by atoms with van der Waals surface area (Å²) < 4.78 is 8.47. The topological polar surface area (TPSA) is 46.4 Å². The minimum absolute atomic E-state index is 0.243. The molecule has 26 heavy (non-hydrogen) atoms. The predicted molar refractivity (Wildman–Crippen MR) is 105 cm³/mol. The van der Waals surface area contributed by atoms with Gasteiger partial charge in [-0.25, -0.2) is 9.97 Å². The monoisotopic (exact) mass is 351 g/mol. The van der Waals surface area contributed by atoms with E-state index in [0.717, 1.165) is 43.3 Å². The molecule has 136 valence electrons. The molecule has 0 saturated carbocycles. The molecule has 0 bridgehead atoms. The van der Waals surface area contributed by atoms with Crippen molar-refractivity contribution in [2.45, 2.75) is 18.9 Å². The lowest BCUT2D eigenvalue weighted by Crippen LogP contribution is -2.38. The van der Waals surface area contributed by atoms with E-state index >= 15 is 0 Å². The van der Waals surface area contributed by atoms with Gasteiger partial charge in [-0.2, -0.15) is 0 Å². The maximum Gasteiger partial charge on any atom is 0.134 e. The summed E-state index contributed by atoms with van der Waals surface area (Å²) in [6.45, 7) is 1.89. The summed E-state index contributed by atoms with van der Waals surface area (Å²) in [6, 6.07) is 10.4. The molecule has 1 saturated heterocycles. The van der Waals surface area contributed by atoms with E-state index in [0.29, 0.717) is 0 Å². The van der Waals surface area contributed by atoms with Gasteiger partial charge in [-0.05, 0) is 18.2 Å². The first kappa shape index (κ1) is 16.7. The summed E-state index contributed by atoms with van der Waals surface area (Å²) in [5.74, 6) is 2.91. The third-order valence-electron chi connectivity index (χ3n) is 5.04. The molecule has 0 unspecified atom stereocenters. The second-order valence-electron chi connectivity index (χ2n) is 7.05. The molecule has 3 aromatic rings. The van der Waals surface area contributed by atoms with Gasteiger partial charge in [0.1, 0.15) is 29.8 Å². The zero-order chi connectivity index (χ0) is 18.1. The lowest BCUT2D eigenvalue weighted by atomic mass is 10.1. The van der Waals surface area contributed by atoms with E-state index in [9.17, 15) is 0 Å². The van der Waals surface area contributed by atoms with E-state index in [-0.39, 0.29) is 6.10 Å². The third-order valence-corrected chi connectivity index (χ3v) is 5.04. The fraction of sp³-hybridized carbons (Fsp3) is 0.400. The van der Waals surface area contributed by atoms with Crippen LogP contribution in [-0.2, 0) is 7.05 Å². The van der Waals surface area contributed by atoms with E-state index in [2.05, 4.69) is 56.9 Å². The van der Waals surface area contributed by atoms with Gasteiger partial charge in [-0.1, -0.05) is 6.07 Å². The second kappa shape index (κ2) is 6.86. The average Bonchev–Trinajstić information content (AvgIpc) is 3.05. The Balaban J connectivity index is 1.43. The van der Waals surface area contributed by atoms with Crippen molar-refractivity contribution in [3.63, 3.8) is 0 Å². The fourth-order valence-electron chi connectivity index (χ4n) is 3.51. The van der Waals surface area contributed by atoms with Crippen molar-refractivity contribution in [3.8, 4) is 5.75 Å². The van der Waals surface area contributed by atoms with Crippen molar-refractivity contribution >= 4 is 22.5 Å². The maximum absolute atomic E-state index is 6.35. The molecule has 0 amide bonds. The predicted octanol–water partition coefficient (Wildman–Crippen LogP) is 3.08.